The quantitative estimate of drug-likeness (QED) is 0.565. The third-order valence-corrected chi connectivity index (χ3v) is 3.50. The predicted molar refractivity (Wildman–Crippen MR) is 71.6 cm³/mol. The van der Waals surface area contributed by atoms with Gasteiger partial charge >= 0.3 is 5.97 Å². The minimum absolute atomic E-state index is 0.0875. The number of carbonyl (C=O) groups is 2. The van der Waals surface area contributed by atoms with Crippen LogP contribution in [0, 0.1) is 5.92 Å². The molecule has 1 aliphatic heterocycles. The van der Waals surface area contributed by atoms with Crippen molar-refractivity contribution in [3.05, 3.63) is 0 Å². The Labute approximate surface area is 115 Å². The highest BCUT2D eigenvalue weighted by molar-refractivity contribution is 5.78. The second-order valence-electron chi connectivity index (χ2n) is 5.10. The highest BCUT2D eigenvalue weighted by Crippen LogP contribution is 2.30. The van der Waals surface area contributed by atoms with Gasteiger partial charge in [0.25, 0.3) is 0 Å². The van der Waals surface area contributed by atoms with Crippen molar-refractivity contribution in [2.24, 2.45) is 5.92 Å². The van der Waals surface area contributed by atoms with Crippen LogP contribution < -0.4 is 5.32 Å². The molecular formula is C14H25NO4. The van der Waals surface area contributed by atoms with Crippen molar-refractivity contribution < 1.29 is 19.1 Å². The normalized spacial score (nSPS) is 28.5. The predicted octanol–water partition coefficient (Wildman–Crippen LogP) is 1.65. The number of hydrogen-bond donors (Lipinski definition) is 1. The molecule has 4 atom stereocenters. The summed E-state index contributed by atoms with van der Waals surface area (Å²) in [5.41, 5.74) is 0. The van der Waals surface area contributed by atoms with Crippen molar-refractivity contribution in [2.45, 2.75) is 64.7 Å². The van der Waals surface area contributed by atoms with Crippen molar-refractivity contribution in [2.75, 3.05) is 6.61 Å². The van der Waals surface area contributed by atoms with Crippen LogP contribution in [-0.4, -0.2) is 37.2 Å². The van der Waals surface area contributed by atoms with Gasteiger partial charge in [0.05, 0.1) is 18.8 Å². The monoisotopic (exact) mass is 271 g/mol. The van der Waals surface area contributed by atoms with Crippen LogP contribution in [-0.2, 0) is 19.1 Å². The summed E-state index contributed by atoms with van der Waals surface area (Å²) in [5, 5.41) is 2.61. The van der Waals surface area contributed by atoms with Gasteiger partial charge in [-0.3, -0.25) is 4.79 Å². The summed E-state index contributed by atoms with van der Waals surface area (Å²) in [6, 6.07) is -0.553. The second-order valence-corrected chi connectivity index (χ2v) is 5.10. The van der Waals surface area contributed by atoms with E-state index < -0.39 is 6.04 Å². The Balaban J connectivity index is 2.70. The molecule has 1 fully saturated rings. The first-order valence-electron chi connectivity index (χ1n) is 7.14. The van der Waals surface area contributed by atoms with Gasteiger partial charge in [-0.05, 0) is 39.0 Å². The van der Waals surface area contributed by atoms with Crippen LogP contribution in [0.15, 0.2) is 0 Å². The molecule has 0 bridgehead atoms. The fourth-order valence-corrected chi connectivity index (χ4v) is 2.78. The molecule has 19 heavy (non-hydrogen) atoms. The molecule has 0 aromatic rings. The van der Waals surface area contributed by atoms with Gasteiger partial charge in [0.15, 0.2) is 0 Å². The molecule has 0 spiro atoms. The van der Waals surface area contributed by atoms with E-state index in [0.29, 0.717) is 13.0 Å². The van der Waals surface area contributed by atoms with E-state index in [1.165, 1.54) is 0 Å². The Morgan fingerprint density at radius 1 is 1.47 bits per heavy atom. The number of amides is 1. The highest BCUT2D eigenvalue weighted by Gasteiger charge is 2.36. The highest BCUT2D eigenvalue weighted by atomic mass is 16.5. The van der Waals surface area contributed by atoms with Gasteiger partial charge in [-0.25, -0.2) is 4.79 Å². The molecule has 1 amide bonds. The fraction of sp³-hybridized carbons (Fsp3) is 0.857. The fourth-order valence-electron chi connectivity index (χ4n) is 2.78. The maximum Gasteiger partial charge on any atom is 0.328 e. The lowest BCUT2D eigenvalue weighted by Gasteiger charge is -2.36. The Morgan fingerprint density at radius 3 is 2.79 bits per heavy atom. The van der Waals surface area contributed by atoms with Gasteiger partial charge in [-0.1, -0.05) is 13.3 Å². The van der Waals surface area contributed by atoms with Crippen molar-refractivity contribution in [3.8, 4) is 0 Å². The first-order valence-corrected chi connectivity index (χ1v) is 7.14. The number of nitrogens with one attached hydrogen (secondary N) is 1. The molecule has 1 rings (SSSR count). The molecule has 1 heterocycles. The van der Waals surface area contributed by atoms with Gasteiger partial charge in [0.2, 0.25) is 6.41 Å². The Bertz CT molecular complexity index is 295. The Hall–Kier alpha value is -1.10. The van der Waals surface area contributed by atoms with E-state index in [1.54, 1.807) is 6.92 Å². The molecule has 1 aliphatic rings. The lowest BCUT2D eigenvalue weighted by atomic mass is 9.85. The molecule has 0 saturated carbocycles. The zero-order valence-electron chi connectivity index (χ0n) is 12.1. The van der Waals surface area contributed by atoms with Crippen molar-refractivity contribution in [1.82, 2.24) is 5.32 Å². The molecule has 1 N–H and O–H groups in total. The summed E-state index contributed by atoms with van der Waals surface area (Å²) in [6.07, 6.45) is 4.46. The molecule has 5 heteroatoms. The van der Waals surface area contributed by atoms with Gasteiger partial charge in [-0.2, -0.15) is 0 Å². The number of carbonyl (C=O) groups excluding carboxylic acids is 2. The first-order chi connectivity index (χ1) is 9.12. The summed E-state index contributed by atoms with van der Waals surface area (Å²) in [7, 11) is 0. The maximum absolute atomic E-state index is 11.9. The number of ether oxygens (including phenoxy) is 2. The lowest BCUT2D eigenvalue weighted by Crippen LogP contribution is -2.48. The smallest absolute Gasteiger partial charge is 0.328 e. The minimum Gasteiger partial charge on any atom is -0.464 e. The average molecular weight is 271 g/mol. The van der Waals surface area contributed by atoms with Gasteiger partial charge in [0, 0.05) is 0 Å². The van der Waals surface area contributed by atoms with Crippen LogP contribution in [0.3, 0.4) is 0 Å². The van der Waals surface area contributed by atoms with E-state index in [1.807, 2.05) is 6.92 Å². The summed E-state index contributed by atoms with van der Waals surface area (Å²) in [6.45, 7) is 6.22. The van der Waals surface area contributed by atoms with Crippen LogP contribution >= 0.6 is 0 Å². The third kappa shape index (κ3) is 4.82. The number of hydrogen-bond acceptors (Lipinski definition) is 4. The van der Waals surface area contributed by atoms with E-state index in [9.17, 15) is 9.59 Å². The largest absolute Gasteiger partial charge is 0.464 e. The van der Waals surface area contributed by atoms with Crippen molar-refractivity contribution >= 4 is 12.4 Å². The maximum atomic E-state index is 11.9. The first kappa shape index (κ1) is 16.0. The topological polar surface area (TPSA) is 64.6 Å². The minimum atomic E-state index is -0.553. The van der Waals surface area contributed by atoms with E-state index in [0.717, 1.165) is 25.7 Å². The van der Waals surface area contributed by atoms with Gasteiger partial charge in [0.1, 0.15) is 6.04 Å². The molecule has 0 aliphatic carbocycles. The summed E-state index contributed by atoms with van der Waals surface area (Å²) in [4.78, 5) is 22.6. The van der Waals surface area contributed by atoms with Crippen LogP contribution in [0.4, 0.5) is 0 Å². The SMILES string of the molecule is CCCC1C[C@H]([C@H](NC=O)C(=O)OCC)C[C@H](C)O1. The number of esters is 1. The molecule has 0 radical (unpaired) electrons. The molecule has 1 saturated heterocycles. The second kappa shape index (κ2) is 8.15. The van der Waals surface area contributed by atoms with Gasteiger partial charge < -0.3 is 14.8 Å². The van der Waals surface area contributed by atoms with Crippen molar-refractivity contribution in [3.63, 3.8) is 0 Å². The standard InChI is InChI=1S/C14H25NO4/c1-4-6-12-8-11(7-10(3)19-12)13(15-9-16)14(17)18-5-2/h9-13H,4-8H2,1-3H3,(H,15,16)/t10-,11+,12?,13-/m0/s1. The molecule has 0 aromatic carbocycles. The van der Waals surface area contributed by atoms with Crippen LogP contribution in [0.5, 0.6) is 0 Å². The van der Waals surface area contributed by atoms with Crippen LogP contribution in [0.25, 0.3) is 0 Å². The Kier molecular flexibility index (Phi) is 6.84. The van der Waals surface area contributed by atoms with E-state index in [-0.39, 0.29) is 24.1 Å². The van der Waals surface area contributed by atoms with E-state index in [4.69, 9.17) is 9.47 Å². The third-order valence-electron chi connectivity index (χ3n) is 3.50. The zero-order valence-corrected chi connectivity index (χ0v) is 12.1. The van der Waals surface area contributed by atoms with Gasteiger partial charge in [-0.15, -0.1) is 0 Å². The average Bonchev–Trinajstić information content (AvgIpc) is 2.35. The molecule has 1 unspecified atom stereocenters. The summed E-state index contributed by atoms with van der Waals surface area (Å²) < 4.78 is 10.9. The Morgan fingerprint density at radius 2 is 2.21 bits per heavy atom. The summed E-state index contributed by atoms with van der Waals surface area (Å²) in [5.74, 6) is -0.256. The van der Waals surface area contributed by atoms with Crippen molar-refractivity contribution in [1.29, 1.82) is 0 Å². The molecule has 110 valence electrons. The lowest BCUT2D eigenvalue weighted by molar-refractivity contribution is -0.151. The zero-order chi connectivity index (χ0) is 14.3. The van der Waals surface area contributed by atoms with Crippen LogP contribution in [0.2, 0.25) is 0 Å². The number of rotatable bonds is 7. The van der Waals surface area contributed by atoms with E-state index in [2.05, 4.69) is 12.2 Å². The van der Waals surface area contributed by atoms with Crippen LogP contribution in [0.1, 0.15) is 46.5 Å². The molecular weight excluding hydrogens is 246 g/mol. The molecule has 5 nitrogen and oxygen atoms in total. The molecule has 0 aromatic heterocycles. The summed E-state index contributed by atoms with van der Waals surface area (Å²) >= 11 is 0. The van der Waals surface area contributed by atoms with E-state index >= 15 is 0 Å².